The molecular formula is C22H20FN3O4S. The molecule has 1 atom stereocenters. The Hall–Kier alpha value is -3.33. The van der Waals surface area contributed by atoms with Crippen molar-refractivity contribution in [1.29, 1.82) is 0 Å². The number of phenols is 1. The second-order valence-electron chi connectivity index (χ2n) is 7.14. The molecule has 1 aromatic heterocycles. The number of nitrogens with one attached hydrogen (secondary N) is 1. The largest absolute Gasteiger partial charge is 0.504 e. The second kappa shape index (κ2) is 8.43. The molecule has 0 aliphatic carbocycles. The molecule has 0 saturated carbocycles. The van der Waals surface area contributed by atoms with Gasteiger partial charge in [0.15, 0.2) is 16.7 Å². The minimum atomic E-state index is -0.558. The summed E-state index contributed by atoms with van der Waals surface area (Å²) in [7, 11) is 3.14. The molecule has 3 aromatic rings. The highest BCUT2D eigenvalue weighted by atomic mass is 32.2. The van der Waals surface area contributed by atoms with Crippen LogP contribution in [0.3, 0.4) is 0 Å². The van der Waals surface area contributed by atoms with Crippen LogP contribution in [0.4, 0.5) is 10.2 Å². The number of hydrogen-bond acceptors (Lipinski definition) is 6. The molecule has 2 aromatic carbocycles. The molecule has 2 heterocycles. The zero-order chi connectivity index (χ0) is 22.1. The Labute approximate surface area is 181 Å². The molecular weight excluding hydrogens is 421 g/mol. The zero-order valence-corrected chi connectivity index (χ0v) is 17.7. The van der Waals surface area contributed by atoms with Crippen LogP contribution < -0.4 is 15.6 Å². The monoisotopic (exact) mass is 441 g/mol. The molecule has 0 radical (unpaired) electrons. The molecule has 1 aliphatic rings. The number of thioether (sulfide) groups is 1. The number of anilines is 1. The Morgan fingerprint density at radius 1 is 1.29 bits per heavy atom. The number of aromatic hydroxyl groups is 1. The lowest BCUT2D eigenvalue weighted by Crippen LogP contribution is -2.33. The number of phenolic OH excluding ortho intramolecular Hbond substituents is 1. The number of benzene rings is 2. The third-order valence-electron chi connectivity index (χ3n) is 5.22. The smallest absolute Gasteiger partial charge is 0.279 e. The van der Waals surface area contributed by atoms with Crippen molar-refractivity contribution in [3.05, 3.63) is 75.3 Å². The first kappa shape index (κ1) is 20.9. The number of ether oxygens (including phenoxy) is 1. The molecule has 0 fully saturated rings. The maximum atomic E-state index is 13.9. The molecule has 1 amide bonds. The molecule has 1 aliphatic heterocycles. The maximum Gasteiger partial charge on any atom is 0.279 e. The van der Waals surface area contributed by atoms with Crippen LogP contribution in [0.5, 0.6) is 11.5 Å². The predicted octanol–water partition coefficient (Wildman–Crippen LogP) is 3.40. The Bertz CT molecular complexity index is 1230. The van der Waals surface area contributed by atoms with Gasteiger partial charge in [-0.15, -0.1) is 0 Å². The van der Waals surface area contributed by atoms with E-state index >= 15 is 0 Å². The summed E-state index contributed by atoms with van der Waals surface area (Å²) in [5.74, 6) is -0.269. The van der Waals surface area contributed by atoms with E-state index in [0.29, 0.717) is 33.4 Å². The number of amides is 1. The first-order valence-corrected chi connectivity index (χ1v) is 10.5. The summed E-state index contributed by atoms with van der Waals surface area (Å²) in [6.45, 7) is 0. The summed E-state index contributed by atoms with van der Waals surface area (Å²) in [4.78, 5) is 29.6. The first-order valence-electron chi connectivity index (χ1n) is 9.53. The number of carbonyl (C=O) groups is 1. The van der Waals surface area contributed by atoms with Gasteiger partial charge >= 0.3 is 0 Å². The third kappa shape index (κ3) is 4.00. The molecule has 31 heavy (non-hydrogen) atoms. The lowest BCUT2D eigenvalue weighted by Gasteiger charge is -2.27. The van der Waals surface area contributed by atoms with Crippen LogP contribution in [0.1, 0.15) is 29.0 Å². The summed E-state index contributed by atoms with van der Waals surface area (Å²) in [6, 6.07) is 11.2. The predicted molar refractivity (Wildman–Crippen MR) is 115 cm³/mol. The van der Waals surface area contributed by atoms with Crippen molar-refractivity contribution >= 4 is 23.5 Å². The molecule has 9 heteroatoms. The number of halogens is 1. The third-order valence-corrected chi connectivity index (χ3v) is 6.30. The van der Waals surface area contributed by atoms with Gasteiger partial charge in [-0.05, 0) is 29.3 Å². The van der Waals surface area contributed by atoms with Gasteiger partial charge in [-0.1, -0.05) is 36.0 Å². The molecule has 7 nitrogen and oxygen atoms in total. The number of hydrogen-bond donors (Lipinski definition) is 2. The normalized spacial score (nSPS) is 15.3. The fraction of sp³-hybridized carbons (Fsp3) is 0.227. The van der Waals surface area contributed by atoms with Crippen molar-refractivity contribution < 1.29 is 19.0 Å². The van der Waals surface area contributed by atoms with E-state index in [4.69, 9.17) is 4.74 Å². The van der Waals surface area contributed by atoms with Gasteiger partial charge in [0.1, 0.15) is 11.6 Å². The fourth-order valence-electron chi connectivity index (χ4n) is 3.63. The van der Waals surface area contributed by atoms with E-state index in [1.807, 2.05) is 0 Å². The Balaban J connectivity index is 1.73. The quantitative estimate of drug-likeness (QED) is 0.466. The van der Waals surface area contributed by atoms with Gasteiger partial charge in [-0.25, -0.2) is 4.39 Å². The average Bonchev–Trinajstić information content (AvgIpc) is 2.75. The van der Waals surface area contributed by atoms with Gasteiger partial charge in [0, 0.05) is 25.1 Å². The van der Waals surface area contributed by atoms with E-state index in [1.54, 1.807) is 41.9 Å². The molecule has 0 spiro atoms. The minimum Gasteiger partial charge on any atom is -0.504 e. The molecule has 1 unspecified atom stereocenters. The highest BCUT2D eigenvalue weighted by Gasteiger charge is 2.32. The number of nitrogens with zero attached hydrogens (tertiary/aromatic N) is 2. The molecule has 4 rings (SSSR count). The highest BCUT2D eigenvalue weighted by molar-refractivity contribution is 7.98. The van der Waals surface area contributed by atoms with E-state index in [-0.39, 0.29) is 29.6 Å². The topological polar surface area (TPSA) is 93.5 Å². The van der Waals surface area contributed by atoms with E-state index in [0.717, 1.165) is 0 Å². The number of aromatic nitrogens is 2. The lowest BCUT2D eigenvalue weighted by atomic mass is 9.86. The molecule has 0 saturated heterocycles. The van der Waals surface area contributed by atoms with Gasteiger partial charge in [0.2, 0.25) is 5.91 Å². The van der Waals surface area contributed by atoms with E-state index < -0.39 is 11.5 Å². The highest BCUT2D eigenvalue weighted by Crippen LogP contribution is 2.39. The van der Waals surface area contributed by atoms with Crippen molar-refractivity contribution in [1.82, 2.24) is 9.55 Å². The number of carbonyl (C=O) groups excluding carboxylic acids is 1. The Kier molecular flexibility index (Phi) is 5.69. The van der Waals surface area contributed by atoms with Gasteiger partial charge in [-0.2, -0.15) is 4.98 Å². The van der Waals surface area contributed by atoms with Crippen LogP contribution in [0.2, 0.25) is 0 Å². The minimum absolute atomic E-state index is 0.0530. The standard InChI is InChI=1S/C22H20FN3O4S/c1-26-20-19(21(29)25-22(26)31-11-13-5-3-4-6-15(13)23)14(10-18(28)24-20)12-7-8-17(30-2)16(27)9-12/h3-9,14,27H,10-11H2,1-2H3,(H,24,28). The molecule has 0 bridgehead atoms. The summed E-state index contributed by atoms with van der Waals surface area (Å²) in [5, 5.41) is 13.3. The van der Waals surface area contributed by atoms with Crippen LogP contribution >= 0.6 is 11.8 Å². The van der Waals surface area contributed by atoms with Crippen molar-refractivity contribution in [3.63, 3.8) is 0 Å². The SMILES string of the molecule is COc1ccc(C2CC(=O)Nc3c2c(=O)nc(SCc2ccccc2F)n3C)cc1O. The van der Waals surface area contributed by atoms with Gasteiger partial charge < -0.3 is 19.7 Å². The van der Waals surface area contributed by atoms with Crippen LogP contribution in [0.15, 0.2) is 52.4 Å². The summed E-state index contributed by atoms with van der Waals surface area (Å²) in [6.07, 6.45) is 0.0530. The number of rotatable bonds is 5. The lowest BCUT2D eigenvalue weighted by molar-refractivity contribution is -0.116. The van der Waals surface area contributed by atoms with E-state index in [2.05, 4.69) is 10.3 Å². The van der Waals surface area contributed by atoms with Crippen LogP contribution in [0.25, 0.3) is 0 Å². The van der Waals surface area contributed by atoms with Crippen molar-refractivity contribution in [2.45, 2.75) is 23.2 Å². The van der Waals surface area contributed by atoms with Crippen molar-refractivity contribution in [3.8, 4) is 11.5 Å². The Morgan fingerprint density at radius 3 is 2.77 bits per heavy atom. The molecule has 160 valence electrons. The first-order chi connectivity index (χ1) is 14.9. The summed E-state index contributed by atoms with van der Waals surface area (Å²) in [5.41, 5.74) is 0.987. The van der Waals surface area contributed by atoms with Crippen LogP contribution in [-0.2, 0) is 17.6 Å². The summed E-state index contributed by atoms with van der Waals surface area (Å²) >= 11 is 1.21. The number of fused-ring (bicyclic) bond motifs is 1. The number of methoxy groups -OCH3 is 1. The van der Waals surface area contributed by atoms with E-state index in [9.17, 15) is 19.1 Å². The summed E-state index contributed by atoms with van der Waals surface area (Å²) < 4.78 is 20.6. The molecule has 2 N–H and O–H groups in total. The van der Waals surface area contributed by atoms with Gasteiger partial charge in [0.05, 0.1) is 12.7 Å². The average molecular weight is 441 g/mol. The van der Waals surface area contributed by atoms with Gasteiger partial charge in [-0.3, -0.25) is 9.59 Å². The fourth-order valence-corrected chi connectivity index (χ4v) is 4.58. The van der Waals surface area contributed by atoms with Crippen LogP contribution in [0, 0.1) is 5.82 Å². The van der Waals surface area contributed by atoms with Crippen LogP contribution in [-0.4, -0.2) is 27.7 Å². The van der Waals surface area contributed by atoms with Crippen molar-refractivity contribution in [2.75, 3.05) is 12.4 Å². The maximum absolute atomic E-state index is 13.9. The zero-order valence-electron chi connectivity index (χ0n) is 16.9. The van der Waals surface area contributed by atoms with Gasteiger partial charge in [0.25, 0.3) is 5.56 Å². The van der Waals surface area contributed by atoms with Crippen molar-refractivity contribution in [2.24, 2.45) is 7.05 Å². The Morgan fingerprint density at radius 2 is 2.06 bits per heavy atom. The second-order valence-corrected chi connectivity index (χ2v) is 8.08. The van der Waals surface area contributed by atoms with E-state index in [1.165, 1.54) is 31.0 Å².